The van der Waals surface area contributed by atoms with Crippen LogP contribution < -0.4 is 5.44 Å². The Kier molecular flexibility index (Phi) is 1.79. The molecule has 0 aliphatic rings. The van der Waals surface area contributed by atoms with Gasteiger partial charge >= 0.3 is 0 Å². The second-order valence-electron chi connectivity index (χ2n) is 0.854. The third-order valence-electron chi connectivity index (χ3n) is 0.442. The first kappa shape index (κ1) is 5.22. The van der Waals surface area contributed by atoms with Gasteiger partial charge in [-0.2, -0.15) is 0 Å². The van der Waals surface area contributed by atoms with Crippen LogP contribution >= 0.6 is 18.9 Å². The average molecular weight is 148 g/mol. The van der Waals surface area contributed by atoms with Crippen LogP contribution in [-0.4, -0.2) is 9.59 Å². The quantitative estimate of drug-likeness (QED) is 0.544. The van der Waals surface area contributed by atoms with Crippen molar-refractivity contribution >= 4 is 36.1 Å². The Morgan fingerprint density at radius 2 is 2.71 bits per heavy atom. The van der Waals surface area contributed by atoms with Crippen LogP contribution in [0.25, 0.3) is 0 Å². The van der Waals surface area contributed by atoms with Crippen LogP contribution in [0.3, 0.4) is 0 Å². The number of hydrogen-bond acceptors (Lipinski definition) is 4. The highest BCUT2D eigenvalue weighted by Gasteiger charge is 1.84. The van der Waals surface area contributed by atoms with E-state index >= 15 is 0 Å². The topological polar surface area (TPSA) is 25.8 Å². The maximum atomic E-state index is 4.65. The molecule has 7 heavy (non-hydrogen) atoms. The number of rotatable bonds is 1. The minimum absolute atomic E-state index is 0.785. The van der Waals surface area contributed by atoms with E-state index in [0.29, 0.717) is 0 Å². The summed E-state index contributed by atoms with van der Waals surface area (Å²) >= 11 is 5.98. The van der Waals surface area contributed by atoms with Crippen LogP contribution in [0.2, 0.25) is 0 Å². The number of aromatic nitrogens is 2. The molecule has 0 aliphatic carbocycles. The number of hydrogen-bond donors (Lipinski definition) is 0. The van der Waals surface area contributed by atoms with Crippen molar-refractivity contribution in [3.05, 3.63) is 5.38 Å². The summed E-state index contributed by atoms with van der Waals surface area (Å²) in [4.78, 5) is 0. The van der Waals surface area contributed by atoms with Crippen LogP contribution in [0.15, 0.2) is 5.38 Å². The van der Waals surface area contributed by atoms with Crippen molar-refractivity contribution in [3.63, 3.8) is 0 Å². The molecule has 0 spiro atoms. The molecule has 5 heteroatoms. The van der Waals surface area contributed by atoms with E-state index < -0.39 is 0 Å². The van der Waals surface area contributed by atoms with Crippen LogP contribution in [0, 0.1) is 0 Å². The summed E-state index contributed by atoms with van der Waals surface area (Å²) in [6, 6.07) is 0. The van der Waals surface area contributed by atoms with Crippen molar-refractivity contribution in [2.45, 2.75) is 0 Å². The fourth-order valence-corrected chi connectivity index (χ4v) is 1.48. The van der Waals surface area contributed by atoms with E-state index in [1.165, 1.54) is 11.5 Å². The van der Waals surface area contributed by atoms with Crippen LogP contribution in [0.1, 0.15) is 0 Å². The normalized spacial score (nSPS) is 9.71. The summed E-state index contributed by atoms with van der Waals surface area (Å²) in [5.74, 6) is 0. The van der Waals surface area contributed by atoms with Gasteiger partial charge in [-0.25, -0.2) is 0 Å². The number of nitrogens with zero attached hydrogens (tertiary/aromatic N) is 2. The molecule has 0 aliphatic heterocycles. The molecule has 1 heterocycles. The molecular weight excluding hydrogens is 147 g/mol. The summed E-state index contributed by atoms with van der Waals surface area (Å²) < 4.78 is 3.61. The Labute approximate surface area is 51.6 Å². The lowest BCUT2D eigenvalue weighted by Crippen LogP contribution is -1.87. The predicted octanol–water partition coefficient (Wildman–Crippen LogP) is 0.571. The highest BCUT2D eigenvalue weighted by molar-refractivity contribution is 7.99. The van der Waals surface area contributed by atoms with Gasteiger partial charge in [-0.1, -0.05) is 16.3 Å². The summed E-state index contributed by atoms with van der Waals surface area (Å²) in [7, 11) is 0.785. The van der Waals surface area contributed by atoms with Gasteiger partial charge in [0.05, 0.1) is 0 Å². The third kappa shape index (κ3) is 1.23. The highest BCUT2D eigenvalue weighted by atomic mass is 32.4. The minimum atomic E-state index is 0.785. The van der Waals surface area contributed by atoms with Crippen molar-refractivity contribution in [3.8, 4) is 0 Å². The molecule has 1 rings (SSSR count). The second kappa shape index (κ2) is 2.40. The lowest BCUT2D eigenvalue weighted by atomic mass is 11.0. The Bertz CT molecular complexity index is 149. The van der Waals surface area contributed by atoms with Crippen molar-refractivity contribution < 1.29 is 0 Å². The molecule has 2 nitrogen and oxygen atoms in total. The SMILES string of the molecule is S=Pc1csnn1. The largest absolute Gasteiger partial charge is 0.136 e. The van der Waals surface area contributed by atoms with Gasteiger partial charge in [-0.15, -0.1) is 5.10 Å². The van der Waals surface area contributed by atoms with Gasteiger partial charge < -0.3 is 0 Å². The molecule has 36 valence electrons. The van der Waals surface area contributed by atoms with Crippen molar-refractivity contribution in [2.75, 3.05) is 0 Å². The van der Waals surface area contributed by atoms with E-state index in [-0.39, 0.29) is 0 Å². The van der Waals surface area contributed by atoms with Gasteiger partial charge in [0, 0.05) is 12.7 Å². The second-order valence-corrected chi connectivity index (χ2v) is 2.65. The Hall–Kier alpha value is 0.0800. The van der Waals surface area contributed by atoms with E-state index in [9.17, 15) is 0 Å². The molecule has 0 unspecified atom stereocenters. The first-order valence-corrected chi connectivity index (χ1v) is 4.28. The Balaban J connectivity index is 2.96. The Morgan fingerprint density at radius 3 is 3.00 bits per heavy atom. The molecule has 0 saturated carbocycles. The maximum Gasteiger partial charge on any atom is 0.136 e. The molecule has 0 bridgehead atoms. The molecule has 1 aromatic heterocycles. The molecule has 0 N–H and O–H groups in total. The zero-order chi connectivity index (χ0) is 5.11. The Morgan fingerprint density at radius 1 is 1.86 bits per heavy atom. The maximum absolute atomic E-state index is 4.65. The summed E-state index contributed by atoms with van der Waals surface area (Å²) in [5, 5.41) is 5.53. The van der Waals surface area contributed by atoms with Gasteiger partial charge in [0.15, 0.2) is 0 Å². The lowest BCUT2D eigenvalue weighted by molar-refractivity contribution is 1.19. The van der Waals surface area contributed by atoms with Crippen LogP contribution in [0.4, 0.5) is 0 Å². The smallest absolute Gasteiger partial charge is 0.133 e. The fourth-order valence-electron chi connectivity index (χ4n) is 0.199. The van der Waals surface area contributed by atoms with Crippen LogP contribution in [-0.2, 0) is 11.8 Å². The lowest BCUT2D eigenvalue weighted by Gasteiger charge is -1.63. The molecular formula is C2HN2PS2. The molecule has 0 fully saturated rings. The molecule has 0 aromatic carbocycles. The van der Waals surface area contributed by atoms with Crippen molar-refractivity contribution in [2.24, 2.45) is 0 Å². The summed E-state index contributed by atoms with van der Waals surface area (Å²) in [6.07, 6.45) is 0. The first-order valence-electron chi connectivity index (χ1n) is 1.54. The van der Waals surface area contributed by atoms with Gasteiger partial charge in [-0.05, 0) is 11.5 Å². The van der Waals surface area contributed by atoms with Gasteiger partial charge in [0.25, 0.3) is 0 Å². The van der Waals surface area contributed by atoms with Gasteiger partial charge in [0.2, 0.25) is 0 Å². The van der Waals surface area contributed by atoms with E-state index in [1.54, 1.807) is 0 Å². The molecule has 0 atom stereocenters. The predicted molar refractivity (Wildman–Crippen MR) is 33.8 cm³/mol. The fraction of sp³-hybridized carbons (Fsp3) is 0. The molecule has 1 aromatic rings. The first-order chi connectivity index (χ1) is 3.43. The zero-order valence-corrected chi connectivity index (χ0v) is 5.76. The third-order valence-corrected chi connectivity index (χ3v) is 2.09. The standard InChI is InChI=1S/C2HN2PS2/c6-5-2-1-7-4-3-2/h1H. The molecule has 0 radical (unpaired) electrons. The zero-order valence-electron chi connectivity index (χ0n) is 3.24. The van der Waals surface area contributed by atoms with E-state index in [4.69, 9.17) is 0 Å². The van der Waals surface area contributed by atoms with E-state index in [2.05, 4.69) is 21.4 Å². The van der Waals surface area contributed by atoms with E-state index in [1.807, 2.05) is 5.38 Å². The van der Waals surface area contributed by atoms with Gasteiger partial charge in [0.1, 0.15) is 5.44 Å². The van der Waals surface area contributed by atoms with Crippen LogP contribution in [0.5, 0.6) is 0 Å². The minimum Gasteiger partial charge on any atom is -0.133 e. The summed E-state index contributed by atoms with van der Waals surface area (Å²) in [5.41, 5.74) is 0.875. The highest BCUT2D eigenvalue weighted by Crippen LogP contribution is 1.91. The monoisotopic (exact) mass is 148 g/mol. The molecule has 0 amide bonds. The van der Waals surface area contributed by atoms with Gasteiger partial charge in [-0.3, -0.25) is 0 Å². The van der Waals surface area contributed by atoms with Crippen molar-refractivity contribution in [1.29, 1.82) is 0 Å². The molecule has 0 saturated heterocycles. The average Bonchev–Trinajstić information content (AvgIpc) is 2.14. The summed E-state index contributed by atoms with van der Waals surface area (Å²) in [6.45, 7) is 0. The van der Waals surface area contributed by atoms with Crippen molar-refractivity contribution in [1.82, 2.24) is 9.59 Å². The van der Waals surface area contributed by atoms with E-state index in [0.717, 1.165) is 12.8 Å².